The number of aromatic nitrogens is 2. The molecular formula is C26H34Cl2N4O5Si. The van der Waals surface area contributed by atoms with E-state index in [-0.39, 0.29) is 46.8 Å². The fourth-order valence-electron chi connectivity index (χ4n) is 3.77. The van der Waals surface area contributed by atoms with E-state index in [0.717, 1.165) is 5.56 Å². The van der Waals surface area contributed by atoms with Crippen molar-refractivity contribution in [2.45, 2.75) is 52.2 Å². The Balaban J connectivity index is 1.89. The van der Waals surface area contributed by atoms with E-state index in [1.165, 1.54) is 15.9 Å². The van der Waals surface area contributed by atoms with Crippen LogP contribution >= 0.6 is 23.2 Å². The van der Waals surface area contributed by atoms with Gasteiger partial charge in [0.25, 0.3) is 11.8 Å². The van der Waals surface area contributed by atoms with Crippen LogP contribution < -0.4 is 4.90 Å². The number of rotatable bonds is 9. The second kappa shape index (κ2) is 12.1. The van der Waals surface area contributed by atoms with Crippen molar-refractivity contribution in [3.8, 4) is 0 Å². The molecule has 12 heteroatoms. The summed E-state index contributed by atoms with van der Waals surface area (Å²) in [6.45, 7) is 13.5. The predicted octanol–water partition coefficient (Wildman–Crippen LogP) is 5.01. The summed E-state index contributed by atoms with van der Waals surface area (Å²) in [7, 11) is -2.06. The first-order chi connectivity index (χ1) is 17.7. The molecule has 0 saturated carbocycles. The van der Waals surface area contributed by atoms with Crippen LogP contribution in [0, 0.1) is 0 Å². The number of benzene rings is 1. The van der Waals surface area contributed by atoms with Gasteiger partial charge in [-0.3, -0.25) is 14.4 Å². The number of hydrogen-bond acceptors (Lipinski definition) is 7. The summed E-state index contributed by atoms with van der Waals surface area (Å²) in [6, 6.07) is 6.54. The summed E-state index contributed by atoms with van der Waals surface area (Å²) < 4.78 is 11.3. The van der Waals surface area contributed by atoms with Crippen LogP contribution in [0.3, 0.4) is 0 Å². The molecule has 38 heavy (non-hydrogen) atoms. The lowest BCUT2D eigenvalue weighted by Gasteiger charge is -2.37. The second-order valence-corrected chi connectivity index (χ2v) is 16.1. The van der Waals surface area contributed by atoms with E-state index in [2.05, 4.69) is 43.8 Å². The van der Waals surface area contributed by atoms with E-state index in [1.54, 1.807) is 19.1 Å². The Morgan fingerprint density at radius 2 is 1.79 bits per heavy atom. The largest absolute Gasteiger partial charge is 0.465 e. The molecule has 1 aliphatic rings. The van der Waals surface area contributed by atoms with Crippen LogP contribution in [0.15, 0.2) is 24.3 Å². The summed E-state index contributed by atoms with van der Waals surface area (Å²) in [5.74, 6) is -1.32. The Hall–Kier alpha value is -2.53. The highest BCUT2D eigenvalue weighted by atomic mass is 35.5. The normalized spacial score (nSPS) is 13.8. The molecule has 0 bridgehead atoms. The van der Waals surface area contributed by atoms with Crippen molar-refractivity contribution in [3.63, 3.8) is 0 Å². The Morgan fingerprint density at radius 1 is 1.13 bits per heavy atom. The van der Waals surface area contributed by atoms with Gasteiger partial charge >= 0.3 is 5.97 Å². The molecule has 2 aromatic rings. The van der Waals surface area contributed by atoms with Gasteiger partial charge in [0.2, 0.25) is 5.82 Å². The zero-order chi connectivity index (χ0) is 28.3. The van der Waals surface area contributed by atoms with Gasteiger partial charge in [-0.15, -0.1) is 0 Å². The molecule has 9 nitrogen and oxygen atoms in total. The summed E-state index contributed by atoms with van der Waals surface area (Å²) in [5, 5.41) is 0.125. The Morgan fingerprint density at radius 3 is 2.39 bits per heavy atom. The van der Waals surface area contributed by atoms with Crippen LogP contribution in [0.4, 0.5) is 5.69 Å². The van der Waals surface area contributed by atoms with E-state index >= 15 is 0 Å². The molecule has 1 aliphatic heterocycles. The minimum absolute atomic E-state index is 0.00698. The van der Waals surface area contributed by atoms with Crippen LogP contribution in [-0.2, 0) is 20.4 Å². The molecule has 0 N–H and O–H groups in total. The number of hydrogen-bond donors (Lipinski definition) is 0. The third kappa shape index (κ3) is 7.10. The van der Waals surface area contributed by atoms with Crippen molar-refractivity contribution in [1.82, 2.24) is 14.9 Å². The molecule has 206 valence electrons. The molecule has 0 fully saturated rings. The Bertz CT molecular complexity index is 1200. The predicted molar refractivity (Wildman–Crippen MR) is 150 cm³/mol. The molecule has 1 aromatic heterocycles. The summed E-state index contributed by atoms with van der Waals surface area (Å²) in [5.41, 5.74) is 1.83. The third-order valence-corrected chi connectivity index (χ3v) is 11.8. The first kappa shape index (κ1) is 30.0. The molecule has 2 amide bonds. The van der Waals surface area contributed by atoms with Crippen LogP contribution in [0.5, 0.6) is 0 Å². The van der Waals surface area contributed by atoms with Crippen LogP contribution in [0.2, 0.25) is 28.4 Å². The molecule has 2 heterocycles. The monoisotopic (exact) mass is 580 g/mol. The molecule has 0 unspecified atom stereocenters. The fraction of sp³-hybridized carbons (Fsp3) is 0.500. The molecule has 0 aliphatic carbocycles. The maximum Gasteiger partial charge on any atom is 0.325 e. The van der Waals surface area contributed by atoms with Gasteiger partial charge in [-0.05, 0) is 55.2 Å². The Kier molecular flexibility index (Phi) is 9.56. The average Bonchev–Trinajstić information content (AvgIpc) is 2.82. The number of halogens is 2. The molecular weight excluding hydrogens is 547 g/mol. The molecule has 0 radical (unpaired) electrons. The van der Waals surface area contributed by atoms with Crippen molar-refractivity contribution in [2.24, 2.45) is 0 Å². The van der Waals surface area contributed by atoms with Gasteiger partial charge in [0.1, 0.15) is 16.9 Å². The van der Waals surface area contributed by atoms with Crippen LogP contribution in [0.25, 0.3) is 0 Å². The van der Waals surface area contributed by atoms with Gasteiger partial charge in [-0.2, -0.15) is 0 Å². The summed E-state index contributed by atoms with van der Waals surface area (Å²) >= 11 is 12.1. The number of carbonyl (C=O) groups is 3. The first-order valence-electron chi connectivity index (χ1n) is 12.5. The van der Waals surface area contributed by atoms with E-state index in [1.807, 2.05) is 6.07 Å². The minimum atomic E-state index is -2.06. The van der Waals surface area contributed by atoms with Crippen molar-refractivity contribution < 1.29 is 23.5 Å². The molecule has 0 spiro atoms. The van der Waals surface area contributed by atoms with Crippen molar-refractivity contribution >= 4 is 55.0 Å². The first-order valence-corrected chi connectivity index (χ1v) is 16.1. The highest BCUT2D eigenvalue weighted by Gasteiger charge is 2.37. The lowest BCUT2D eigenvalue weighted by molar-refractivity contribution is -0.143. The number of fused-ring (bicyclic) bond motifs is 1. The smallest absolute Gasteiger partial charge is 0.325 e. The second-order valence-electron chi connectivity index (χ2n) is 10.5. The quantitative estimate of drug-likeness (QED) is 0.233. The van der Waals surface area contributed by atoms with E-state index in [9.17, 15) is 14.4 Å². The van der Waals surface area contributed by atoms with Gasteiger partial charge < -0.3 is 19.0 Å². The molecule has 1 aromatic carbocycles. The standard InChI is InChI=1S/C26H34Cl2N4O5Si/c1-7-36-22(33)16-31-11-10-17-14-18(8-9-19(17)24(31)34)32(12-13-37-38(5,6)26(2,3)4)25(35)23-29-20(27)15-21(28)30-23/h8-9,14-15H,7,10-13,16H2,1-6H3. The van der Waals surface area contributed by atoms with Crippen molar-refractivity contribution in [1.29, 1.82) is 0 Å². The number of amides is 2. The fourth-order valence-corrected chi connectivity index (χ4v) is 5.22. The Labute approximate surface area is 234 Å². The average molecular weight is 582 g/mol. The van der Waals surface area contributed by atoms with Crippen molar-refractivity contribution in [3.05, 3.63) is 51.5 Å². The number of esters is 1. The SMILES string of the molecule is CCOC(=O)CN1CCc2cc(N(CCO[Si](C)(C)C(C)(C)C)C(=O)c3nc(Cl)cc(Cl)n3)ccc2C1=O. The topological polar surface area (TPSA) is 102 Å². The number of nitrogens with zero attached hydrogens (tertiary/aromatic N) is 4. The molecule has 0 atom stereocenters. The number of ether oxygens (including phenoxy) is 1. The van der Waals surface area contributed by atoms with Crippen molar-refractivity contribution in [2.75, 3.05) is 37.7 Å². The number of anilines is 1. The van der Waals surface area contributed by atoms with Crippen LogP contribution in [0.1, 0.15) is 54.2 Å². The van der Waals surface area contributed by atoms with E-state index in [0.29, 0.717) is 30.8 Å². The highest BCUT2D eigenvalue weighted by Crippen LogP contribution is 2.36. The summed E-state index contributed by atoms with van der Waals surface area (Å²) in [4.78, 5) is 49.6. The molecule has 3 rings (SSSR count). The van der Waals surface area contributed by atoms with Gasteiger partial charge in [0.15, 0.2) is 8.32 Å². The van der Waals surface area contributed by atoms with E-state index in [4.69, 9.17) is 32.4 Å². The third-order valence-electron chi connectivity index (χ3n) is 6.88. The van der Waals surface area contributed by atoms with E-state index < -0.39 is 20.2 Å². The minimum Gasteiger partial charge on any atom is -0.465 e. The van der Waals surface area contributed by atoms with Gasteiger partial charge in [0.05, 0.1) is 13.2 Å². The van der Waals surface area contributed by atoms with Crippen LogP contribution in [-0.4, -0.2) is 73.8 Å². The highest BCUT2D eigenvalue weighted by molar-refractivity contribution is 6.74. The van der Waals surface area contributed by atoms with Gasteiger partial charge in [-0.25, -0.2) is 9.97 Å². The maximum absolute atomic E-state index is 13.6. The van der Waals surface area contributed by atoms with Gasteiger partial charge in [-0.1, -0.05) is 44.0 Å². The van der Waals surface area contributed by atoms with Gasteiger partial charge in [0, 0.05) is 30.4 Å². The molecule has 0 saturated heterocycles. The zero-order valence-electron chi connectivity index (χ0n) is 22.6. The zero-order valence-corrected chi connectivity index (χ0v) is 25.1. The lowest BCUT2D eigenvalue weighted by atomic mass is 9.98. The summed E-state index contributed by atoms with van der Waals surface area (Å²) in [6.07, 6.45) is 0.524. The lowest BCUT2D eigenvalue weighted by Crippen LogP contribution is -2.44. The number of carbonyl (C=O) groups excluding carboxylic acids is 3. The maximum atomic E-state index is 13.6.